The van der Waals surface area contributed by atoms with E-state index >= 15 is 0 Å². The van der Waals surface area contributed by atoms with Gasteiger partial charge in [0.15, 0.2) is 0 Å². The Hall–Kier alpha value is -1.86. The Bertz CT molecular complexity index is 673. The van der Waals surface area contributed by atoms with Gasteiger partial charge in [0.05, 0.1) is 27.0 Å². The van der Waals surface area contributed by atoms with Crippen molar-refractivity contribution >= 4 is 50.3 Å². The molecule has 0 heterocycles. The molecule has 104 valence electrons. The molecule has 0 amide bonds. The smallest absolute Gasteiger partial charge is 0.271 e. The van der Waals surface area contributed by atoms with Gasteiger partial charge in [-0.2, -0.15) is 0 Å². The molecule has 2 rings (SSSR count). The third-order valence-electron chi connectivity index (χ3n) is 2.51. The Morgan fingerprint density at radius 1 is 1.35 bits per heavy atom. The van der Waals surface area contributed by atoms with Crippen LogP contribution in [-0.4, -0.2) is 4.92 Å². The Morgan fingerprint density at radius 2 is 2.05 bits per heavy atom. The van der Waals surface area contributed by atoms with Crippen LogP contribution < -0.4 is 11.1 Å². The van der Waals surface area contributed by atoms with Crippen molar-refractivity contribution in [3.63, 3.8) is 0 Å². The molecule has 0 atom stereocenters. The number of halogens is 3. The molecule has 0 aliphatic carbocycles. The molecule has 3 N–H and O–H groups in total. The lowest BCUT2D eigenvalue weighted by Crippen LogP contribution is -1.99. The first-order valence-electron chi connectivity index (χ1n) is 5.34. The standard InChI is InChI=1S/C12H8BrClFN3O2/c13-8-3-6(15)4-9(14)12(8)17-11-2-1-7(18(19)20)5-10(11)16/h1-5,17H,16H2. The fourth-order valence-electron chi connectivity index (χ4n) is 1.57. The quantitative estimate of drug-likeness (QED) is 0.480. The van der Waals surface area contributed by atoms with E-state index in [1.165, 1.54) is 24.3 Å². The predicted molar refractivity (Wildman–Crippen MR) is 79.9 cm³/mol. The van der Waals surface area contributed by atoms with E-state index in [2.05, 4.69) is 21.2 Å². The number of nitro benzene ring substituents is 1. The van der Waals surface area contributed by atoms with Crippen LogP contribution in [-0.2, 0) is 0 Å². The van der Waals surface area contributed by atoms with Crippen LogP contribution in [0.25, 0.3) is 0 Å². The number of rotatable bonds is 3. The number of nitrogens with one attached hydrogen (secondary N) is 1. The minimum atomic E-state index is -0.541. The molecule has 8 heteroatoms. The minimum Gasteiger partial charge on any atom is -0.397 e. The summed E-state index contributed by atoms with van der Waals surface area (Å²) in [6.07, 6.45) is 0. The van der Waals surface area contributed by atoms with Crippen LogP contribution in [0, 0.1) is 15.9 Å². The zero-order chi connectivity index (χ0) is 14.9. The highest BCUT2D eigenvalue weighted by atomic mass is 79.9. The van der Waals surface area contributed by atoms with Crippen molar-refractivity contribution in [1.29, 1.82) is 0 Å². The number of nitrogens with zero attached hydrogens (tertiary/aromatic N) is 1. The molecule has 0 fully saturated rings. The fraction of sp³-hybridized carbons (Fsp3) is 0. The van der Waals surface area contributed by atoms with Gasteiger partial charge in [-0.1, -0.05) is 11.6 Å². The Balaban J connectivity index is 2.38. The van der Waals surface area contributed by atoms with Gasteiger partial charge in [-0.15, -0.1) is 0 Å². The number of hydrogen-bond acceptors (Lipinski definition) is 4. The van der Waals surface area contributed by atoms with Gasteiger partial charge in [-0.05, 0) is 34.1 Å². The maximum Gasteiger partial charge on any atom is 0.271 e. The van der Waals surface area contributed by atoms with Gasteiger partial charge in [0.1, 0.15) is 5.82 Å². The number of nitrogens with two attached hydrogens (primary N) is 1. The molecule has 0 saturated heterocycles. The maximum absolute atomic E-state index is 13.1. The molecule has 0 radical (unpaired) electrons. The van der Waals surface area contributed by atoms with Crippen molar-refractivity contribution in [2.24, 2.45) is 0 Å². The molecule has 2 aromatic rings. The number of benzene rings is 2. The van der Waals surface area contributed by atoms with E-state index in [4.69, 9.17) is 17.3 Å². The number of anilines is 3. The zero-order valence-electron chi connectivity index (χ0n) is 9.86. The van der Waals surface area contributed by atoms with E-state index in [9.17, 15) is 14.5 Å². The number of nitro groups is 1. The highest BCUT2D eigenvalue weighted by Crippen LogP contribution is 2.36. The number of nitrogen functional groups attached to an aromatic ring is 1. The molecule has 0 saturated carbocycles. The molecule has 0 bridgehead atoms. The summed E-state index contributed by atoms with van der Waals surface area (Å²) < 4.78 is 13.5. The lowest BCUT2D eigenvalue weighted by Gasteiger charge is -2.12. The minimum absolute atomic E-state index is 0.114. The second-order valence-corrected chi connectivity index (χ2v) is 5.16. The number of non-ortho nitro benzene ring substituents is 1. The van der Waals surface area contributed by atoms with Crippen molar-refractivity contribution in [3.8, 4) is 0 Å². The van der Waals surface area contributed by atoms with Crippen molar-refractivity contribution in [2.75, 3.05) is 11.1 Å². The summed E-state index contributed by atoms with van der Waals surface area (Å²) in [5.41, 5.74) is 6.67. The molecule has 0 spiro atoms. The molecule has 5 nitrogen and oxygen atoms in total. The highest BCUT2D eigenvalue weighted by molar-refractivity contribution is 9.10. The van der Waals surface area contributed by atoms with Gasteiger partial charge in [0.2, 0.25) is 0 Å². The summed E-state index contributed by atoms with van der Waals surface area (Å²) in [4.78, 5) is 10.1. The van der Waals surface area contributed by atoms with E-state index in [1.807, 2.05) is 0 Å². The molecule has 0 aliphatic rings. The van der Waals surface area contributed by atoms with E-state index in [1.54, 1.807) is 0 Å². The summed E-state index contributed by atoms with van der Waals surface area (Å²) in [7, 11) is 0. The first-order valence-corrected chi connectivity index (χ1v) is 6.51. The molecule has 0 aliphatic heterocycles. The van der Waals surface area contributed by atoms with Crippen LogP contribution in [0.3, 0.4) is 0 Å². The van der Waals surface area contributed by atoms with Gasteiger partial charge >= 0.3 is 0 Å². The van der Waals surface area contributed by atoms with Crippen LogP contribution in [0.4, 0.5) is 27.1 Å². The van der Waals surface area contributed by atoms with Crippen molar-refractivity contribution < 1.29 is 9.31 Å². The van der Waals surface area contributed by atoms with Crippen LogP contribution in [0.15, 0.2) is 34.8 Å². The van der Waals surface area contributed by atoms with Gasteiger partial charge in [0, 0.05) is 16.6 Å². The molecule has 20 heavy (non-hydrogen) atoms. The summed E-state index contributed by atoms with van der Waals surface area (Å²) in [5.74, 6) is -0.482. The van der Waals surface area contributed by atoms with Crippen molar-refractivity contribution in [2.45, 2.75) is 0 Å². The molecule has 0 aromatic heterocycles. The second-order valence-electron chi connectivity index (χ2n) is 3.90. The first-order chi connectivity index (χ1) is 9.38. The van der Waals surface area contributed by atoms with Crippen LogP contribution in [0.1, 0.15) is 0 Å². The fourth-order valence-corrected chi connectivity index (χ4v) is 2.47. The average molecular weight is 361 g/mol. The molecular weight excluding hydrogens is 353 g/mol. The predicted octanol–water partition coefficient (Wildman–Crippen LogP) is 4.48. The monoisotopic (exact) mass is 359 g/mol. The third-order valence-corrected chi connectivity index (χ3v) is 3.44. The van der Waals surface area contributed by atoms with Crippen LogP contribution >= 0.6 is 27.5 Å². The van der Waals surface area contributed by atoms with Gasteiger partial charge in [-0.3, -0.25) is 10.1 Å². The third kappa shape index (κ3) is 3.00. The van der Waals surface area contributed by atoms with Crippen LogP contribution in [0.2, 0.25) is 5.02 Å². The van der Waals surface area contributed by atoms with E-state index in [-0.39, 0.29) is 16.4 Å². The second kappa shape index (κ2) is 5.64. The first kappa shape index (κ1) is 14.5. The SMILES string of the molecule is Nc1cc([N+](=O)[O-])ccc1Nc1c(Cl)cc(F)cc1Br. The van der Waals surface area contributed by atoms with Crippen LogP contribution in [0.5, 0.6) is 0 Å². The number of hydrogen-bond donors (Lipinski definition) is 2. The summed E-state index contributed by atoms with van der Waals surface area (Å²) >= 11 is 9.12. The lowest BCUT2D eigenvalue weighted by molar-refractivity contribution is -0.384. The van der Waals surface area contributed by atoms with Gasteiger partial charge in [-0.25, -0.2) is 4.39 Å². The zero-order valence-corrected chi connectivity index (χ0v) is 12.2. The summed E-state index contributed by atoms with van der Waals surface area (Å²) in [6.45, 7) is 0. The van der Waals surface area contributed by atoms with E-state index < -0.39 is 10.7 Å². The lowest BCUT2D eigenvalue weighted by atomic mass is 10.2. The largest absolute Gasteiger partial charge is 0.397 e. The average Bonchev–Trinajstić information content (AvgIpc) is 2.34. The van der Waals surface area contributed by atoms with Gasteiger partial charge in [0.25, 0.3) is 5.69 Å². The van der Waals surface area contributed by atoms with Crippen molar-refractivity contribution in [1.82, 2.24) is 0 Å². The topological polar surface area (TPSA) is 81.2 Å². The Labute approximate surface area is 126 Å². The van der Waals surface area contributed by atoms with Gasteiger partial charge < -0.3 is 11.1 Å². The molecule has 0 unspecified atom stereocenters. The summed E-state index contributed by atoms with van der Waals surface area (Å²) in [6, 6.07) is 6.39. The molecule has 2 aromatic carbocycles. The normalized spacial score (nSPS) is 10.3. The molecular formula is C12H8BrClFN3O2. The Morgan fingerprint density at radius 3 is 2.60 bits per heavy atom. The maximum atomic E-state index is 13.1. The summed E-state index contributed by atoms with van der Waals surface area (Å²) in [5, 5.41) is 13.7. The highest BCUT2D eigenvalue weighted by Gasteiger charge is 2.12. The van der Waals surface area contributed by atoms with E-state index in [0.29, 0.717) is 15.8 Å². The van der Waals surface area contributed by atoms with E-state index in [0.717, 1.165) is 6.07 Å². The van der Waals surface area contributed by atoms with Crippen molar-refractivity contribution in [3.05, 3.63) is 55.8 Å². The Kier molecular flexibility index (Phi) is 4.10.